The van der Waals surface area contributed by atoms with Crippen molar-refractivity contribution in [2.75, 3.05) is 24.5 Å². The molecule has 2 aromatic heterocycles. The Labute approximate surface area is 234 Å². The third-order valence-corrected chi connectivity index (χ3v) is 7.08. The number of aromatic nitrogens is 1. The summed E-state index contributed by atoms with van der Waals surface area (Å²) in [5, 5.41) is 12.2. The van der Waals surface area contributed by atoms with Gasteiger partial charge in [-0.1, -0.05) is 19.1 Å². The lowest BCUT2D eigenvalue weighted by molar-refractivity contribution is 0.0964. The van der Waals surface area contributed by atoms with Gasteiger partial charge in [0, 0.05) is 30.4 Å². The first-order valence-electron chi connectivity index (χ1n) is 12.8. The third kappa shape index (κ3) is 6.30. The fraction of sp³-hybridized carbons (Fsp3) is 0.276. The number of hydrogen-bond acceptors (Lipinski definition) is 7. The van der Waals surface area contributed by atoms with Crippen molar-refractivity contribution in [2.45, 2.75) is 32.6 Å². The highest BCUT2D eigenvalue weighted by atomic mass is 32.2. The first kappa shape index (κ1) is 28.7. The molecule has 0 spiro atoms. The summed E-state index contributed by atoms with van der Waals surface area (Å²) in [4.78, 5) is 17.4. The fourth-order valence-corrected chi connectivity index (χ4v) is 4.92. The smallest absolute Gasteiger partial charge is 0.255 e. The van der Waals surface area contributed by atoms with E-state index < -0.39 is 23.0 Å². The number of anilines is 1. The Kier molecular flexibility index (Phi) is 9.47. The van der Waals surface area contributed by atoms with Gasteiger partial charge in [-0.2, -0.15) is 10.2 Å². The molecule has 4 rings (SSSR count). The van der Waals surface area contributed by atoms with Gasteiger partial charge in [0.15, 0.2) is 0 Å². The Morgan fingerprint density at radius 3 is 2.62 bits per heavy atom. The van der Waals surface area contributed by atoms with Gasteiger partial charge in [-0.25, -0.2) is 4.39 Å². The molecule has 0 aliphatic rings. The molecule has 2 heterocycles. The standard InChI is InChI=1S/C29H29FN4O5S/c1-3-19-17-23-25(28(35)32-2)26(20-11-13-22(30)14-12-20)39-29(23)33-27(19)34(40(36)37)15-7-4-8-16-38-24-10-6-5-9-21(24)18-31/h5-6,9-14,17H,3-4,7-8,15-16H2,1-2H3,(H,32,35)(H,36,37)/p-1. The average Bonchev–Trinajstić information content (AvgIpc) is 3.34. The second-order valence-corrected chi connectivity index (χ2v) is 9.78. The molecule has 1 unspecified atom stereocenters. The zero-order valence-corrected chi connectivity index (χ0v) is 22.9. The number of rotatable bonds is 12. The fourth-order valence-electron chi connectivity index (χ4n) is 4.34. The van der Waals surface area contributed by atoms with E-state index in [1.54, 1.807) is 30.3 Å². The van der Waals surface area contributed by atoms with E-state index in [9.17, 15) is 23.2 Å². The van der Waals surface area contributed by atoms with E-state index in [-0.39, 0.29) is 29.4 Å². The first-order valence-corrected chi connectivity index (χ1v) is 13.8. The highest BCUT2D eigenvalue weighted by Crippen LogP contribution is 2.36. The molecule has 0 radical (unpaired) electrons. The van der Waals surface area contributed by atoms with Crippen LogP contribution in [0.3, 0.4) is 0 Å². The van der Waals surface area contributed by atoms with Crippen molar-refractivity contribution >= 4 is 34.1 Å². The Morgan fingerprint density at radius 2 is 1.95 bits per heavy atom. The van der Waals surface area contributed by atoms with Gasteiger partial charge in [-0.3, -0.25) is 13.3 Å². The molecule has 1 N–H and O–H groups in total. The molecule has 0 saturated carbocycles. The number of unbranched alkanes of at least 4 members (excludes halogenated alkanes) is 2. The van der Waals surface area contributed by atoms with Crippen molar-refractivity contribution in [3.63, 3.8) is 0 Å². The highest BCUT2D eigenvalue weighted by molar-refractivity contribution is 7.80. The number of carbonyl (C=O) groups is 1. The summed E-state index contributed by atoms with van der Waals surface area (Å²) in [5.74, 6) is 0.131. The minimum absolute atomic E-state index is 0.102. The second-order valence-electron chi connectivity index (χ2n) is 8.91. The summed E-state index contributed by atoms with van der Waals surface area (Å²) in [6.07, 6.45) is 2.36. The van der Waals surface area contributed by atoms with E-state index in [4.69, 9.17) is 9.15 Å². The molecule has 0 fully saturated rings. The van der Waals surface area contributed by atoms with Crippen LogP contribution >= 0.6 is 0 Å². The van der Waals surface area contributed by atoms with Gasteiger partial charge in [0.1, 0.15) is 29.2 Å². The summed E-state index contributed by atoms with van der Waals surface area (Å²) >= 11 is -2.61. The van der Waals surface area contributed by atoms with Crippen LogP contribution in [0.5, 0.6) is 5.75 Å². The minimum Gasteiger partial charge on any atom is -0.755 e. The van der Waals surface area contributed by atoms with Crippen LogP contribution in [-0.4, -0.2) is 39.9 Å². The number of aryl methyl sites for hydroxylation is 1. The van der Waals surface area contributed by atoms with E-state index in [0.29, 0.717) is 60.1 Å². The number of pyridine rings is 1. The molecule has 0 saturated heterocycles. The molecule has 2 aromatic carbocycles. The second kappa shape index (κ2) is 13.2. The molecule has 4 aromatic rings. The number of furan rings is 1. The first-order chi connectivity index (χ1) is 19.4. The lowest BCUT2D eigenvalue weighted by Crippen LogP contribution is -2.28. The van der Waals surface area contributed by atoms with Gasteiger partial charge in [0.2, 0.25) is 5.71 Å². The molecule has 11 heteroatoms. The van der Waals surface area contributed by atoms with E-state index in [1.807, 2.05) is 6.92 Å². The molecule has 0 bridgehead atoms. The lowest BCUT2D eigenvalue weighted by atomic mass is 10.0. The number of fused-ring (bicyclic) bond motifs is 1. The SMILES string of the molecule is CCc1cc2c(C(=O)NC)c(-c3ccc(F)cc3)oc2nc1N(CCCCCOc1ccccc1C#N)S(=O)[O-]. The number of carbonyl (C=O) groups excluding carboxylic acids is 1. The molecule has 1 atom stereocenters. The molecule has 1 amide bonds. The maximum absolute atomic E-state index is 13.5. The third-order valence-electron chi connectivity index (χ3n) is 6.37. The Bertz CT molecular complexity index is 1570. The molecular formula is C29H28FN4O5S-. The highest BCUT2D eigenvalue weighted by Gasteiger charge is 2.25. The van der Waals surface area contributed by atoms with Crippen molar-refractivity contribution in [1.29, 1.82) is 5.26 Å². The quantitative estimate of drug-likeness (QED) is 0.183. The zero-order valence-electron chi connectivity index (χ0n) is 22.1. The predicted octanol–water partition coefficient (Wildman–Crippen LogP) is 5.28. The zero-order chi connectivity index (χ0) is 28.6. The normalized spacial score (nSPS) is 11.7. The van der Waals surface area contributed by atoms with Gasteiger partial charge < -0.3 is 19.0 Å². The number of ether oxygens (including phenoxy) is 1. The number of amides is 1. The molecule has 208 valence electrons. The number of halogens is 1. The lowest BCUT2D eigenvalue weighted by Gasteiger charge is -2.27. The number of nitrogens with zero attached hydrogens (tertiary/aromatic N) is 3. The maximum atomic E-state index is 13.5. The monoisotopic (exact) mass is 563 g/mol. The maximum Gasteiger partial charge on any atom is 0.255 e. The number of nitrogens with one attached hydrogen (secondary N) is 1. The van der Waals surface area contributed by atoms with Crippen molar-refractivity contribution in [3.8, 4) is 23.1 Å². The van der Waals surface area contributed by atoms with E-state index in [1.165, 1.54) is 35.6 Å². The summed E-state index contributed by atoms with van der Waals surface area (Å²) < 4.78 is 50.9. The number of benzene rings is 2. The van der Waals surface area contributed by atoms with Crippen LogP contribution in [0.25, 0.3) is 22.4 Å². The molecule has 9 nitrogen and oxygen atoms in total. The van der Waals surface area contributed by atoms with Gasteiger partial charge in [-0.05, 0) is 73.7 Å². The van der Waals surface area contributed by atoms with Crippen LogP contribution in [0.1, 0.15) is 47.7 Å². The largest absolute Gasteiger partial charge is 0.755 e. The molecule has 0 aliphatic heterocycles. The van der Waals surface area contributed by atoms with Gasteiger partial charge >= 0.3 is 0 Å². The summed E-state index contributed by atoms with van der Waals surface area (Å²) in [5.41, 5.74) is 1.92. The summed E-state index contributed by atoms with van der Waals surface area (Å²) in [6.45, 7) is 2.45. The van der Waals surface area contributed by atoms with Crippen LogP contribution in [0.4, 0.5) is 10.2 Å². The van der Waals surface area contributed by atoms with Gasteiger partial charge in [0.05, 0.1) is 23.1 Å². The van der Waals surface area contributed by atoms with Gasteiger partial charge in [0.25, 0.3) is 5.91 Å². The average molecular weight is 564 g/mol. The van der Waals surface area contributed by atoms with Crippen LogP contribution in [0, 0.1) is 17.1 Å². The van der Waals surface area contributed by atoms with Crippen molar-refractivity contribution in [2.24, 2.45) is 0 Å². The minimum atomic E-state index is -2.61. The number of hydrogen-bond donors (Lipinski definition) is 1. The Morgan fingerprint density at radius 1 is 1.20 bits per heavy atom. The van der Waals surface area contributed by atoms with Crippen molar-refractivity contribution in [3.05, 3.63) is 77.1 Å². The van der Waals surface area contributed by atoms with Crippen LogP contribution in [0.2, 0.25) is 0 Å². The topological polar surface area (TPSA) is 132 Å². The van der Waals surface area contributed by atoms with Crippen LogP contribution in [0.15, 0.2) is 59.0 Å². The number of nitriles is 1. The summed E-state index contributed by atoms with van der Waals surface area (Å²) in [7, 11) is 1.49. The summed E-state index contributed by atoms with van der Waals surface area (Å²) in [6, 6.07) is 16.3. The van der Waals surface area contributed by atoms with Gasteiger partial charge in [-0.15, -0.1) is 0 Å². The van der Waals surface area contributed by atoms with Crippen molar-refractivity contribution < 1.29 is 27.1 Å². The van der Waals surface area contributed by atoms with E-state index in [2.05, 4.69) is 16.4 Å². The molecule has 0 aliphatic carbocycles. The molecular weight excluding hydrogens is 535 g/mol. The van der Waals surface area contributed by atoms with E-state index in [0.717, 1.165) is 0 Å². The van der Waals surface area contributed by atoms with Crippen molar-refractivity contribution in [1.82, 2.24) is 10.3 Å². The van der Waals surface area contributed by atoms with Crippen LogP contribution < -0.4 is 14.4 Å². The number of para-hydroxylation sites is 1. The van der Waals surface area contributed by atoms with Crippen LogP contribution in [-0.2, 0) is 17.7 Å². The predicted molar refractivity (Wildman–Crippen MR) is 149 cm³/mol. The Balaban J connectivity index is 1.55. The Hall–Kier alpha value is -4.27. The van der Waals surface area contributed by atoms with E-state index >= 15 is 0 Å². The molecule has 40 heavy (non-hydrogen) atoms.